The maximum atomic E-state index is 12.0. The van der Waals surface area contributed by atoms with Crippen molar-refractivity contribution in [2.45, 2.75) is 20.3 Å². The van der Waals surface area contributed by atoms with E-state index in [1.54, 1.807) is 17.4 Å². The van der Waals surface area contributed by atoms with Crippen molar-refractivity contribution in [1.82, 2.24) is 5.32 Å². The van der Waals surface area contributed by atoms with Crippen molar-refractivity contribution in [3.05, 3.63) is 57.3 Å². The molecule has 1 heterocycles. The molecule has 1 aromatic heterocycles. The van der Waals surface area contributed by atoms with E-state index in [1.165, 1.54) is 4.88 Å². The van der Waals surface area contributed by atoms with Crippen LogP contribution >= 0.6 is 11.3 Å². The SMILES string of the molecule is Cc1ccc(C)c(C(=O)OCC(=O)NCCc2cccs2)c1. The van der Waals surface area contributed by atoms with Gasteiger partial charge >= 0.3 is 5.97 Å². The number of esters is 1. The van der Waals surface area contributed by atoms with E-state index in [0.29, 0.717) is 12.1 Å². The van der Waals surface area contributed by atoms with Gasteiger partial charge in [0.25, 0.3) is 5.91 Å². The van der Waals surface area contributed by atoms with Crippen molar-refractivity contribution in [2.75, 3.05) is 13.2 Å². The number of carbonyl (C=O) groups excluding carboxylic acids is 2. The summed E-state index contributed by atoms with van der Waals surface area (Å²) in [7, 11) is 0. The Hall–Kier alpha value is -2.14. The van der Waals surface area contributed by atoms with Crippen LogP contribution in [0.25, 0.3) is 0 Å². The molecular formula is C17H19NO3S. The van der Waals surface area contributed by atoms with Gasteiger partial charge in [0, 0.05) is 11.4 Å². The van der Waals surface area contributed by atoms with Crippen LogP contribution in [-0.4, -0.2) is 25.0 Å². The first-order chi connectivity index (χ1) is 10.6. The van der Waals surface area contributed by atoms with Gasteiger partial charge in [-0.25, -0.2) is 4.79 Å². The number of nitrogens with one attached hydrogen (secondary N) is 1. The molecule has 0 atom stereocenters. The van der Waals surface area contributed by atoms with E-state index >= 15 is 0 Å². The van der Waals surface area contributed by atoms with Gasteiger partial charge in [-0.2, -0.15) is 0 Å². The van der Waals surface area contributed by atoms with E-state index in [9.17, 15) is 9.59 Å². The van der Waals surface area contributed by atoms with Crippen molar-refractivity contribution in [3.8, 4) is 0 Å². The summed E-state index contributed by atoms with van der Waals surface area (Å²) >= 11 is 1.66. The molecular weight excluding hydrogens is 298 g/mol. The fraction of sp³-hybridized carbons (Fsp3) is 0.294. The van der Waals surface area contributed by atoms with Crippen LogP contribution in [0.2, 0.25) is 0 Å². The normalized spacial score (nSPS) is 10.3. The predicted octanol–water partition coefficient (Wildman–Crippen LogP) is 2.88. The summed E-state index contributed by atoms with van der Waals surface area (Å²) < 4.78 is 5.07. The number of hydrogen-bond donors (Lipinski definition) is 1. The molecule has 0 saturated heterocycles. The highest BCUT2D eigenvalue weighted by atomic mass is 32.1. The minimum Gasteiger partial charge on any atom is -0.452 e. The van der Waals surface area contributed by atoms with Crippen LogP contribution in [-0.2, 0) is 16.0 Å². The Labute approximate surface area is 134 Å². The Kier molecular flexibility index (Phi) is 5.72. The standard InChI is InChI=1S/C17H19NO3S/c1-12-5-6-13(2)15(10-12)17(20)21-11-16(19)18-8-7-14-4-3-9-22-14/h3-6,9-10H,7-8,11H2,1-2H3,(H,18,19). The molecule has 0 saturated carbocycles. The summed E-state index contributed by atoms with van der Waals surface area (Å²) in [5.41, 5.74) is 2.33. The summed E-state index contributed by atoms with van der Waals surface area (Å²) in [6, 6.07) is 9.58. The van der Waals surface area contributed by atoms with Gasteiger partial charge in [-0.1, -0.05) is 23.8 Å². The number of thiophene rings is 1. The van der Waals surface area contributed by atoms with Crippen molar-refractivity contribution < 1.29 is 14.3 Å². The van der Waals surface area contributed by atoms with Crippen molar-refractivity contribution >= 4 is 23.2 Å². The molecule has 0 aliphatic heterocycles. The maximum Gasteiger partial charge on any atom is 0.338 e. The van der Waals surface area contributed by atoms with E-state index < -0.39 is 5.97 Å². The largest absolute Gasteiger partial charge is 0.452 e. The molecule has 22 heavy (non-hydrogen) atoms. The summed E-state index contributed by atoms with van der Waals surface area (Å²) in [6.45, 7) is 4.04. The lowest BCUT2D eigenvalue weighted by atomic mass is 10.1. The van der Waals surface area contributed by atoms with Crippen LogP contribution < -0.4 is 5.32 Å². The Bertz CT molecular complexity index is 650. The number of ether oxygens (including phenoxy) is 1. The first kappa shape index (κ1) is 16.2. The molecule has 1 amide bonds. The maximum absolute atomic E-state index is 12.0. The Morgan fingerprint density at radius 2 is 2.05 bits per heavy atom. The molecule has 0 fully saturated rings. The zero-order valence-corrected chi connectivity index (χ0v) is 13.5. The van der Waals surface area contributed by atoms with E-state index in [0.717, 1.165) is 17.5 Å². The van der Waals surface area contributed by atoms with E-state index in [-0.39, 0.29) is 12.5 Å². The van der Waals surface area contributed by atoms with E-state index in [2.05, 4.69) is 5.32 Å². The minimum absolute atomic E-state index is 0.253. The van der Waals surface area contributed by atoms with Gasteiger partial charge in [0.15, 0.2) is 6.61 Å². The zero-order chi connectivity index (χ0) is 15.9. The Morgan fingerprint density at radius 3 is 2.77 bits per heavy atom. The van der Waals surface area contributed by atoms with Crippen LogP contribution in [0.15, 0.2) is 35.7 Å². The fourth-order valence-corrected chi connectivity index (χ4v) is 2.70. The first-order valence-corrected chi connectivity index (χ1v) is 7.97. The van der Waals surface area contributed by atoms with Crippen molar-refractivity contribution in [1.29, 1.82) is 0 Å². The second-order valence-electron chi connectivity index (χ2n) is 5.07. The molecule has 1 aromatic carbocycles. The quantitative estimate of drug-likeness (QED) is 0.834. The highest BCUT2D eigenvalue weighted by molar-refractivity contribution is 7.09. The van der Waals surface area contributed by atoms with Crippen LogP contribution in [0.5, 0.6) is 0 Å². The lowest BCUT2D eigenvalue weighted by Gasteiger charge is -2.08. The Morgan fingerprint density at radius 1 is 1.23 bits per heavy atom. The summed E-state index contributed by atoms with van der Waals surface area (Å²) in [5.74, 6) is -0.746. The van der Waals surface area contributed by atoms with Gasteiger partial charge in [0.2, 0.25) is 0 Å². The molecule has 0 aliphatic rings. The fourth-order valence-electron chi connectivity index (χ4n) is 2.00. The highest BCUT2D eigenvalue weighted by Crippen LogP contribution is 2.12. The molecule has 116 valence electrons. The second-order valence-corrected chi connectivity index (χ2v) is 6.11. The molecule has 2 aromatic rings. The highest BCUT2D eigenvalue weighted by Gasteiger charge is 2.12. The monoisotopic (exact) mass is 317 g/mol. The molecule has 5 heteroatoms. The van der Waals surface area contributed by atoms with Gasteiger partial charge in [0.1, 0.15) is 0 Å². The average molecular weight is 317 g/mol. The number of carbonyl (C=O) groups is 2. The predicted molar refractivity (Wildman–Crippen MR) is 87.2 cm³/mol. The van der Waals surface area contributed by atoms with Crippen LogP contribution in [0, 0.1) is 13.8 Å². The number of rotatable bonds is 6. The molecule has 0 unspecified atom stereocenters. The lowest BCUT2D eigenvalue weighted by Crippen LogP contribution is -2.30. The molecule has 1 N–H and O–H groups in total. The number of benzene rings is 1. The van der Waals surface area contributed by atoms with Gasteiger partial charge < -0.3 is 10.1 Å². The summed E-state index contributed by atoms with van der Waals surface area (Å²) in [5, 5.41) is 4.75. The zero-order valence-electron chi connectivity index (χ0n) is 12.7. The molecule has 0 spiro atoms. The number of hydrogen-bond acceptors (Lipinski definition) is 4. The average Bonchev–Trinajstić information content (AvgIpc) is 3.00. The van der Waals surface area contributed by atoms with Gasteiger partial charge in [-0.15, -0.1) is 11.3 Å². The van der Waals surface area contributed by atoms with Crippen molar-refractivity contribution in [3.63, 3.8) is 0 Å². The molecule has 4 nitrogen and oxygen atoms in total. The minimum atomic E-state index is -0.463. The molecule has 0 bridgehead atoms. The summed E-state index contributed by atoms with van der Waals surface area (Å²) in [6.07, 6.45) is 0.786. The third-order valence-electron chi connectivity index (χ3n) is 3.22. The lowest BCUT2D eigenvalue weighted by molar-refractivity contribution is -0.124. The summed E-state index contributed by atoms with van der Waals surface area (Å²) in [4.78, 5) is 24.9. The van der Waals surface area contributed by atoms with Crippen LogP contribution in [0.4, 0.5) is 0 Å². The van der Waals surface area contributed by atoms with Gasteiger partial charge in [-0.05, 0) is 43.3 Å². The third-order valence-corrected chi connectivity index (χ3v) is 4.16. The van der Waals surface area contributed by atoms with E-state index in [4.69, 9.17) is 4.74 Å². The number of amides is 1. The first-order valence-electron chi connectivity index (χ1n) is 7.09. The molecule has 2 rings (SSSR count). The third kappa shape index (κ3) is 4.70. The topological polar surface area (TPSA) is 55.4 Å². The van der Waals surface area contributed by atoms with Crippen LogP contribution in [0.3, 0.4) is 0 Å². The van der Waals surface area contributed by atoms with Crippen molar-refractivity contribution in [2.24, 2.45) is 0 Å². The van der Waals surface area contributed by atoms with Gasteiger partial charge in [0.05, 0.1) is 5.56 Å². The Balaban J connectivity index is 1.75. The van der Waals surface area contributed by atoms with E-state index in [1.807, 2.05) is 43.5 Å². The van der Waals surface area contributed by atoms with Crippen LogP contribution in [0.1, 0.15) is 26.4 Å². The molecule has 0 aliphatic carbocycles. The number of aryl methyl sites for hydroxylation is 2. The molecule has 0 radical (unpaired) electrons. The smallest absolute Gasteiger partial charge is 0.338 e. The second kappa shape index (κ2) is 7.75. The van der Waals surface area contributed by atoms with Gasteiger partial charge in [-0.3, -0.25) is 4.79 Å².